The van der Waals surface area contributed by atoms with Crippen LogP contribution in [0.2, 0.25) is 0 Å². The molecule has 1 saturated heterocycles. The number of nitrogens with two attached hydrogens (primary N) is 1. The van der Waals surface area contributed by atoms with Gasteiger partial charge in [-0.25, -0.2) is 32.2 Å². The highest BCUT2D eigenvalue weighted by atomic mass is 32.2. The number of sulfonamides is 1. The molecule has 12 heteroatoms. The van der Waals surface area contributed by atoms with Crippen molar-refractivity contribution in [3.05, 3.63) is 66.2 Å². The summed E-state index contributed by atoms with van der Waals surface area (Å²) in [4.78, 5) is 9.88. The Morgan fingerprint density at radius 2 is 1.94 bits per heavy atom. The number of halogens is 1. The predicted molar refractivity (Wildman–Crippen MR) is 131 cm³/mol. The van der Waals surface area contributed by atoms with Gasteiger partial charge in [-0.1, -0.05) is 36.4 Å². The topological polar surface area (TPSA) is 143 Å². The number of hydrogen-bond acceptors (Lipinski definition) is 8. The van der Waals surface area contributed by atoms with Crippen molar-refractivity contribution >= 4 is 26.9 Å². The Hall–Kier alpha value is -4.08. The van der Waals surface area contributed by atoms with E-state index in [-0.39, 0.29) is 12.6 Å². The van der Waals surface area contributed by atoms with Crippen molar-refractivity contribution in [1.82, 2.24) is 29.4 Å². The van der Waals surface area contributed by atoms with E-state index in [2.05, 4.69) is 20.9 Å². The van der Waals surface area contributed by atoms with Crippen LogP contribution in [0.3, 0.4) is 0 Å². The maximum atomic E-state index is 13.9. The minimum absolute atomic E-state index is 0.0105. The summed E-state index contributed by atoms with van der Waals surface area (Å²) in [6, 6.07) is 12.4. The van der Waals surface area contributed by atoms with Crippen LogP contribution in [0, 0.1) is 17.3 Å². The first-order valence-corrected chi connectivity index (χ1v) is 12.8. The molecule has 1 aliphatic rings. The van der Waals surface area contributed by atoms with Crippen LogP contribution in [0.15, 0.2) is 59.8 Å². The third-order valence-electron chi connectivity index (χ3n) is 6.22. The summed E-state index contributed by atoms with van der Waals surface area (Å²) in [5.74, 6) is -0.505. The molecule has 10 nitrogen and oxygen atoms in total. The van der Waals surface area contributed by atoms with Gasteiger partial charge in [0.15, 0.2) is 11.8 Å². The fourth-order valence-electron chi connectivity index (χ4n) is 4.40. The Balaban J connectivity index is 1.42. The lowest BCUT2D eigenvalue weighted by molar-refractivity contribution is 0.236. The molecule has 0 saturated carbocycles. The molecular formula is C24H23FN8O2S. The second kappa shape index (κ2) is 9.52. The van der Waals surface area contributed by atoms with E-state index >= 15 is 0 Å². The van der Waals surface area contributed by atoms with E-state index in [0.717, 1.165) is 31.0 Å². The van der Waals surface area contributed by atoms with Gasteiger partial charge in [-0.15, -0.1) is 0 Å². The molecule has 3 N–H and O–H groups in total. The second-order valence-electron chi connectivity index (χ2n) is 8.54. The summed E-state index contributed by atoms with van der Waals surface area (Å²) < 4.78 is 43.1. The zero-order valence-corrected chi connectivity index (χ0v) is 20.0. The minimum atomic E-state index is -4.00. The molecule has 2 aromatic heterocycles. The molecule has 1 atom stereocenters. The molecule has 36 heavy (non-hydrogen) atoms. The first kappa shape index (κ1) is 23.7. The summed E-state index contributed by atoms with van der Waals surface area (Å²) in [6.07, 6.45) is 5.34. The number of rotatable bonds is 6. The molecule has 0 bridgehead atoms. The molecule has 1 fully saturated rings. The fraction of sp³-hybridized carbons (Fsp3) is 0.250. The molecule has 0 aliphatic carbocycles. The number of aromatic nitrogens is 4. The van der Waals surface area contributed by atoms with Crippen LogP contribution >= 0.6 is 0 Å². The number of benzene rings is 2. The number of fused-ring (bicyclic) bond motifs is 1. The van der Waals surface area contributed by atoms with Crippen LogP contribution in [0.25, 0.3) is 22.3 Å². The predicted octanol–water partition coefficient (Wildman–Crippen LogP) is 2.81. The number of hydrogen-bond donors (Lipinski definition) is 2. The lowest BCUT2D eigenvalue weighted by Crippen LogP contribution is -2.33. The number of anilines is 1. The molecular weight excluding hydrogens is 483 g/mol. The van der Waals surface area contributed by atoms with Crippen molar-refractivity contribution in [2.75, 3.05) is 18.8 Å². The zero-order chi connectivity index (χ0) is 25.3. The largest absolute Gasteiger partial charge is 0.383 e. The van der Waals surface area contributed by atoms with Gasteiger partial charge in [-0.3, -0.25) is 0 Å². The zero-order valence-electron chi connectivity index (χ0n) is 19.2. The Kier molecular flexibility index (Phi) is 6.26. The first-order valence-electron chi connectivity index (χ1n) is 11.3. The summed E-state index contributed by atoms with van der Waals surface area (Å²) in [7, 11) is -4.00. The van der Waals surface area contributed by atoms with E-state index in [9.17, 15) is 18.1 Å². The number of likely N-dealkylation sites (tertiary alicyclic amines) is 1. The monoisotopic (exact) mass is 506 g/mol. The maximum absolute atomic E-state index is 13.9. The van der Waals surface area contributed by atoms with Gasteiger partial charge in [-0.05, 0) is 30.5 Å². The van der Waals surface area contributed by atoms with Crippen molar-refractivity contribution in [3.63, 3.8) is 0 Å². The summed E-state index contributed by atoms with van der Waals surface area (Å²) in [6.45, 7) is 1.25. The standard InChI is InChI=1S/C24H23FN8O2S/c25-19-5-1-2-6-20(19)36(34,35)30-12-16-7-9-17(10-8-16)22-21-23(27)28-15-29-24(21)33(31-22)18-4-3-11-32(13-18)14-26/h1-2,5-10,15,18,30H,3-4,11-13H2,(H2,27,28,29)/t18-/m1/s1. The van der Waals surface area contributed by atoms with Crippen LogP contribution in [0.1, 0.15) is 24.4 Å². The number of nitrogens with zero attached hydrogens (tertiary/aromatic N) is 6. The Labute approximate surface area is 207 Å². The van der Waals surface area contributed by atoms with Crippen LogP contribution in [0.5, 0.6) is 0 Å². The summed E-state index contributed by atoms with van der Waals surface area (Å²) in [5.41, 5.74) is 8.86. The number of nitrogen functional groups attached to an aromatic ring is 1. The van der Waals surface area contributed by atoms with E-state index in [4.69, 9.17) is 10.8 Å². The van der Waals surface area contributed by atoms with Gasteiger partial charge in [0, 0.05) is 18.7 Å². The van der Waals surface area contributed by atoms with E-state index in [0.29, 0.717) is 34.7 Å². The van der Waals surface area contributed by atoms with Crippen molar-refractivity contribution in [2.45, 2.75) is 30.3 Å². The molecule has 184 valence electrons. The highest BCUT2D eigenvalue weighted by Gasteiger charge is 2.26. The van der Waals surface area contributed by atoms with E-state index in [1.165, 1.54) is 24.5 Å². The van der Waals surface area contributed by atoms with Crippen LogP contribution in [-0.4, -0.2) is 46.2 Å². The summed E-state index contributed by atoms with van der Waals surface area (Å²) in [5, 5.41) is 14.8. The molecule has 0 amide bonds. The number of nitrogens with one attached hydrogen (secondary N) is 1. The highest BCUT2D eigenvalue weighted by molar-refractivity contribution is 7.89. The van der Waals surface area contributed by atoms with Gasteiger partial charge >= 0.3 is 0 Å². The molecule has 0 unspecified atom stereocenters. The van der Waals surface area contributed by atoms with Crippen molar-refractivity contribution in [2.24, 2.45) is 0 Å². The van der Waals surface area contributed by atoms with Gasteiger partial charge in [0.25, 0.3) is 0 Å². The average molecular weight is 507 g/mol. The quantitative estimate of drug-likeness (QED) is 0.380. The lowest BCUT2D eigenvalue weighted by atomic mass is 10.1. The molecule has 5 rings (SSSR count). The van der Waals surface area contributed by atoms with Gasteiger partial charge in [0.05, 0.1) is 18.0 Å². The van der Waals surface area contributed by atoms with Crippen molar-refractivity contribution in [1.29, 1.82) is 5.26 Å². The Bertz CT molecular complexity index is 1560. The first-order chi connectivity index (χ1) is 17.4. The third kappa shape index (κ3) is 4.46. The van der Waals surface area contributed by atoms with Gasteiger partial charge in [-0.2, -0.15) is 10.4 Å². The number of piperidine rings is 1. The Morgan fingerprint density at radius 1 is 1.17 bits per heavy atom. The molecule has 3 heterocycles. The molecule has 0 spiro atoms. The van der Waals surface area contributed by atoms with Crippen molar-refractivity contribution in [3.8, 4) is 17.5 Å². The number of nitriles is 1. The SMILES string of the molecule is N#CN1CCC[C@@H](n2nc(-c3ccc(CNS(=O)(=O)c4ccccc4F)cc3)c3c(N)ncnc32)C1. The molecule has 2 aromatic carbocycles. The van der Waals surface area contributed by atoms with Crippen LogP contribution in [-0.2, 0) is 16.6 Å². The lowest BCUT2D eigenvalue weighted by Gasteiger charge is -2.28. The van der Waals surface area contributed by atoms with Crippen LogP contribution in [0.4, 0.5) is 10.2 Å². The minimum Gasteiger partial charge on any atom is -0.383 e. The fourth-order valence-corrected chi connectivity index (χ4v) is 5.49. The van der Waals surface area contributed by atoms with Gasteiger partial charge in [0.1, 0.15) is 28.6 Å². The van der Waals surface area contributed by atoms with E-state index < -0.39 is 20.7 Å². The molecule has 4 aromatic rings. The summed E-state index contributed by atoms with van der Waals surface area (Å²) >= 11 is 0. The maximum Gasteiger partial charge on any atom is 0.243 e. The molecule has 0 radical (unpaired) electrons. The average Bonchev–Trinajstić information content (AvgIpc) is 3.29. The van der Waals surface area contributed by atoms with E-state index in [1.54, 1.807) is 17.0 Å². The van der Waals surface area contributed by atoms with Crippen molar-refractivity contribution < 1.29 is 12.8 Å². The van der Waals surface area contributed by atoms with Gasteiger partial charge in [0.2, 0.25) is 10.0 Å². The smallest absolute Gasteiger partial charge is 0.243 e. The normalized spacial score (nSPS) is 16.2. The van der Waals surface area contributed by atoms with Gasteiger partial charge < -0.3 is 10.6 Å². The Morgan fingerprint density at radius 3 is 2.69 bits per heavy atom. The highest BCUT2D eigenvalue weighted by Crippen LogP contribution is 2.33. The third-order valence-corrected chi connectivity index (χ3v) is 7.66. The molecule has 1 aliphatic heterocycles. The second-order valence-corrected chi connectivity index (χ2v) is 10.3. The van der Waals surface area contributed by atoms with E-state index in [1.807, 2.05) is 16.8 Å². The van der Waals surface area contributed by atoms with Crippen LogP contribution < -0.4 is 10.5 Å².